The predicted octanol–water partition coefficient (Wildman–Crippen LogP) is 7.84. The van der Waals surface area contributed by atoms with Crippen LogP contribution in [0.15, 0.2) is 24.3 Å². The van der Waals surface area contributed by atoms with Gasteiger partial charge in [-0.2, -0.15) is 13.2 Å². The molecule has 0 bridgehead atoms. The van der Waals surface area contributed by atoms with Crippen LogP contribution in [0.1, 0.15) is 102 Å². The molecule has 198 valence electrons. The molecule has 0 aliphatic heterocycles. The highest BCUT2D eigenvalue weighted by Crippen LogP contribution is 2.42. The van der Waals surface area contributed by atoms with E-state index in [0.29, 0.717) is 30.9 Å². The third kappa shape index (κ3) is 8.51. The summed E-state index contributed by atoms with van der Waals surface area (Å²) in [4.78, 5) is 14.9. The smallest absolute Gasteiger partial charge is 0.416 e. The molecule has 0 aromatic heterocycles. The molecule has 0 amide bonds. The second kappa shape index (κ2) is 13.1. The fraction of sp³-hybridized carbons (Fsp3) is 0.759. The second-order valence-corrected chi connectivity index (χ2v) is 11.2. The summed E-state index contributed by atoms with van der Waals surface area (Å²) in [6.45, 7) is 8.80. The number of alkyl halides is 3. The number of carbonyl (C=O) groups is 1. The first-order chi connectivity index (χ1) is 16.7. The Morgan fingerprint density at radius 3 is 2.31 bits per heavy atom. The summed E-state index contributed by atoms with van der Waals surface area (Å²) in [5, 5.41) is 0. The van der Waals surface area contributed by atoms with E-state index in [-0.39, 0.29) is 17.8 Å². The van der Waals surface area contributed by atoms with Crippen molar-refractivity contribution in [3.8, 4) is 0 Å². The van der Waals surface area contributed by atoms with Crippen molar-refractivity contribution in [1.29, 1.82) is 0 Å². The van der Waals surface area contributed by atoms with Gasteiger partial charge in [0.15, 0.2) is 0 Å². The fourth-order valence-electron chi connectivity index (χ4n) is 6.12. The lowest BCUT2D eigenvalue weighted by Crippen LogP contribution is -2.46. The highest BCUT2D eigenvalue weighted by molar-refractivity contribution is 5.69. The van der Waals surface area contributed by atoms with Crippen LogP contribution in [0.3, 0.4) is 0 Å². The second-order valence-electron chi connectivity index (χ2n) is 11.2. The lowest BCUT2D eigenvalue weighted by Gasteiger charge is -2.44. The Kier molecular flexibility index (Phi) is 10.5. The molecule has 2 aliphatic rings. The minimum atomic E-state index is -4.33. The van der Waals surface area contributed by atoms with E-state index in [1.165, 1.54) is 44.2 Å². The van der Waals surface area contributed by atoms with Crippen molar-refractivity contribution >= 4 is 5.97 Å². The Balaban J connectivity index is 1.84. The standard InChI is InChI=1S/C29H44F3NO2/c1-4-35-28(34)19-23-10-15-27(26(18-23)24-11-13-25(14-12-24)29(30,31)32)33(17-16-21(2)3)20-22-8-6-5-7-9-22/h11-14,21-23,26-27H,4-10,15-20H2,1-3H3/t23-,26+,27-/m1/s1. The molecule has 3 nitrogen and oxygen atoms in total. The quantitative estimate of drug-likeness (QED) is 0.310. The van der Waals surface area contributed by atoms with Gasteiger partial charge >= 0.3 is 12.1 Å². The zero-order valence-corrected chi connectivity index (χ0v) is 21.8. The van der Waals surface area contributed by atoms with Crippen LogP contribution in [-0.2, 0) is 15.7 Å². The third-order valence-corrected chi connectivity index (χ3v) is 8.03. The molecule has 0 N–H and O–H groups in total. The van der Waals surface area contributed by atoms with Gasteiger partial charge in [-0.3, -0.25) is 9.69 Å². The van der Waals surface area contributed by atoms with Crippen molar-refractivity contribution < 1.29 is 22.7 Å². The van der Waals surface area contributed by atoms with Gasteiger partial charge in [0.1, 0.15) is 0 Å². The summed E-state index contributed by atoms with van der Waals surface area (Å²) in [7, 11) is 0. The monoisotopic (exact) mass is 495 g/mol. The lowest BCUT2D eigenvalue weighted by molar-refractivity contribution is -0.144. The molecule has 1 aromatic carbocycles. The van der Waals surface area contributed by atoms with Crippen LogP contribution < -0.4 is 0 Å². The first-order valence-electron chi connectivity index (χ1n) is 13.7. The van der Waals surface area contributed by atoms with E-state index < -0.39 is 11.7 Å². The number of halogens is 3. The Labute approximate surface area is 209 Å². The molecule has 0 radical (unpaired) electrons. The minimum absolute atomic E-state index is 0.126. The average molecular weight is 496 g/mol. The van der Waals surface area contributed by atoms with E-state index in [0.717, 1.165) is 44.3 Å². The van der Waals surface area contributed by atoms with Crippen LogP contribution >= 0.6 is 0 Å². The first-order valence-corrected chi connectivity index (χ1v) is 13.7. The minimum Gasteiger partial charge on any atom is -0.466 e. The number of hydrogen-bond acceptors (Lipinski definition) is 3. The van der Waals surface area contributed by atoms with Gasteiger partial charge in [0.05, 0.1) is 12.2 Å². The highest BCUT2D eigenvalue weighted by atomic mass is 19.4. The maximum atomic E-state index is 13.2. The predicted molar refractivity (Wildman–Crippen MR) is 134 cm³/mol. The number of nitrogens with zero attached hydrogens (tertiary/aromatic N) is 1. The number of hydrogen-bond donors (Lipinski definition) is 0. The van der Waals surface area contributed by atoms with Crippen molar-refractivity contribution in [2.24, 2.45) is 17.8 Å². The molecule has 0 saturated heterocycles. The van der Waals surface area contributed by atoms with Crippen LogP contribution in [0.5, 0.6) is 0 Å². The van der Waals surface area contributed by atoms with Crippen molar-refractivity contribution in [3.05, 3.63) is 35.4 Å². The Morgan fingerprint density at radius 1 is 1.03 bits per heavy atom. The van der Waals surface area contributed by atoms with E-state index in [1.54, 1.807) is 12.1 Å². The summed E-state index contributed by atoms with van der Waals surface area (Å²) in [5.74, 6) is 1.48. The molecular weight excluding hydrogens is 451 g/mol. The Morgan fingerprint density at radius 2 is 1.71 bits per heavy atom. The molecule has 0 spiro atoms. The molecule has 6 heteroatoms. The van der Waals surface area contributed by atoms with E-state index in [1.807, 2.05) is 6.92 Å². The van der Waals surface area contributed by atoms with Crippen molar-refractivity contribution in [2.45, 2.75) is 103 Å². The van der Waals surface area contributed by atoms with Crippen molar-refractivity contribution in [2.75, 3.05) is 19.7 Å². The number of rotatable bonds is 10. The summed E-state index contributed by atoms with van der Waals surface area (Å²) in [6.07, 6.45) is 6.43. The van der Waals surface area contributed by atoms with Gasteiger partial charge in [0.2, 0.25) is 0 Å². The number of ether oxygens (including phenoxy) is 1. The molecule has 3 rings (SSSR count). The molecule has 2 fully saturated rings. The van der Waals surface area contributed by atoms with Crippen molar-refractivity contribution in [1.82, 2.24) is 4.90 Å². The van der Waals surface area contributed by atoms with Crippen LogP contribution in [-0.4, -0.2) is 36.6 Å². The molecule has 35 heavy (non-hydrogen) atoms. The van der Waals surface area contributed by atoms with Crippen LogP contribution in [0.25, 0.3) is 0 Å². The summed E-state index contributed by atoms with van der Waals surface area (Å²) in [6, 6.07) is 6.09. The maximum absolute atomic E-state index is 13.2. The van der Waals surface area contributed by atoms with Gasteiger partial charge < -0.3 is 4.74 Å². The molecule has 2 saturated carbocycles. The topological polar surface area (TPSA) is 29.5 Å². The van der Waals surface area contributed by atoms with Gasteiger partial charge in [-0.05, 0) is 93.4 Å². The number of carbonyl (C=O) groups excluding carboxylic acids is 1. The largest absolute Gasteiger partial charge is 0.466 e. The molecule has 2 aliphatic carbocycles. The molecule has 0 heterocycles. The first kappa shape index (κ1) is 28.0. The fourth-order valence-corrected chi connectivity index (χ4v) is 6.12. The van der Waals surface area contributed by atoms with Crippen LogP contribution in [0, 0.1) is 17.8 Å². The van der Waals surface area contributed by atoms with E-state index >= 15 is 0 Å². The molecule has 0 unspecified atom stereocenters. The Hall–Kier alpha value is -1.56. The SMILES string of the molecule is CCOC(=O)C[C@@H]1CC[C@@H](N(CCC(C)C)CC2CCCCC2)[C@H](c2ccc(C(F)(F)F)cc2)C1. The molecular formula is C29H44F3NO2. The lowest BCUT2D eigenvalue weighted by atomic mass is 9.72. The molecule has 1 aromatic rings. The van der Waals surface area contributed by atoms with E-state index in [2.05, 4.69) is 18.7 Å². The van der Waals surface area contributed by atoms with Crippen LogP contribution in [0.2, 0.25) is 0 Å². The van der Waals surface area contributed by atoms with Gasteiger partial charge in [0.25, 0.3) is 0 Å². The van der Waals surface area contributed by atoms with E-state index in [9.17, 15) is 18.0 Å². The summed E-state index contributed by atoms with van der Waals surface area (Å²) >= 11 is 0. The zero-order valence-electron chi connectivity index (χ0n) is 21.8. The Bertz CT molecular complexity index is 771. The normalized spacial score (nSPS) is 24.2. The van der Waals surface area contributed by atoms with Crippen LogP contribution in [0.4, 0.5) is 13.2 Å². The van der Waals surface area contributed by atoms with Gasteiger partial charge in [-0.25, -0.2) is 0 Å². The maximum Gasteiger partial charge on any atom is 0.416 e. The number of esters is 1. The van der Waals surface area contributed by atoms with Gasteiger partial charge in [-0.1, -0.05) is 45.2 Å². The van der Waals surface area contributed by atoms with E-state index in [4.69, 9.17) is 4.74 Å². The van der Waals surface area contributed by atoms with Crippen molar-refractivity contribution in [3.63, 3.8) is 0 Å². The third-order valence-electron chi connectivity index (χ3n) is 8.03. The zero-order chi connectivity index (χ0) is 25.4. The number of benzene rings is 1. The van der Waals surface area contributed by atoms with Gasteiger partial charge in [-0.15, -0.1) is 0 Å². The summed E-state index contributed by atoms with van der Waals surface area (Å²) < 4.78 is 44.9. The van der Waals surface area contributed by atoms with Gasteiger partial charge in [0, 0.05) is 19.0 Å². The summed E-state index contributed by atoms with van der Waals surface area (Å²) in [5.41, 5.74) is 0.366. The highest BCUT2D eigenvalue weighted by Gasteiger charge is 2.37. The average Bonchev–Trinajstić information content (AvgIpc) is 2.82. The molecule has 3 atom stereocenters.